The normalized spacial score (nSPS) is 11.4. The molecule has 0 aliphatic rings. The van der Waals surface area contributed by atoms with E-state index in [1.807, 2.05) is 0 Å². The van der Waals surface area contributed by atoms with Crippen LogP contribution in [-0.4, -0.2) is 16.2 Å². The lowest BCUT2D eigenvalue weighted by molar-refractivity contribution is -0.137. The topological polar surface area (TPSA) is 93.2 Å². The van der Waals surface area contributed by atoms with E-state index in [1.54, 1.807) is 19.9 Å². The molecule has 7 nitrogen and oxygen atoms in total. The van der Waals surface area contributed by atoms with Crippen molar-refractivity contribution in [2.45, 2.75) is 20.0 Å². The van der Waals surface area contributed by atoms with E-state index in [-0.39, 0.29) is 17.6 Å². The van der Waals surface area contributed by atoms with Crippen molar-refractivity contribution in [3.8, 4) is 11.5 Å². The van der Waals surface area contributed by atoms with Crippen molar-refractivity contribution in [3.63, 3.8) is 0 Å². The Morgan fingerprint density at radius 3 is 2.31 bits per heavy atom. The smallest absolute Gasteiger partial charge is 0.416 e. The molecule has 0 radical (unpaired) electrons. The minimum absolute atomic E-state index is 0.164. The van der Waals surface area contributed by atoms with Gasteiger partial charge in [-0.3, -0.25) is 5.32 Å². The molecule has 0 saturated carbocycles. The van der Waals surface area contributed by atoms with E-state index in [0.29, 0.717) is 17.1 Å². The van der Waals surface area contributed by atoms with Crippen LogP contribution in [0.5, 0.6) is 0 Å². The molecule has 2 amide bonds. The average molecular weight is 366 g/mol. The van der Waals surface area contributed by atoms with Crippen molar-refractivity contribution < 1.29 is 26.8 Å². The zero-order valence-corrected chi connectivity index (χ0v) is 13.6. The zero-order valence-electron chi connectivity index (χ0n) is 13.6. The first-order valence-electron chi connectivity index (χ1n) is 7.38. The van der Waals surface area contributed by atoms with Crippen LogP contribution in [0, 0.1) is 13.8 Å². The fourth-order valence-corrected chi connectivity index (χ4v) is 2.23. The summed E-state index contributed by atoms with van der Waals surface area (Å²) >= 11 is 0. The van der Waals surface area contributed by atoms with Gasteiger partial charge in [0.1, 0.15) is 11.5 Å². The summed E-state index contributed by atoms with van der Waals surface area (Å²) in [5, 5.41) is 12.2. The van der Waals surface area contributed by atoms with Crippen LogP contribution >= 0.6 is 0 Å². The lowest BCUT2D eigenvalue weighted by atomic mass is 10.2. The Morgan fingerprint density at radius 1 is 1.04 bits per heavy atom. The maximum absolute atomic E-state index is 12.5. The van der Waals surface area contributed by atoms with Crippen molar-refractivity contribution in [2.24, 2.45) is 0 Å². The maximum Gasteiger partial charge on any atom is 0.416 e. The largest absolute Gasteiger partial charge is 0.466 e. The fourth-order valence-electron chi connectivity index (χ4n) is 2.23. The molecule has 3 rings (SSSR count). The number of aromatic nitrogens is 2. The summed E-state index contributed by atoms with van der Waals surface area (Å²) in [5.74, 6) is 1.43. The van der Waals surface area contributed by atoms with E-state index in [2.05, 4.69) is 20.8 Å². The summed E-state index contributed by atoms with van der Waals surface area (Å²) in [6.45, 7) is 3.50. The molecule has 2 aromatic heterocycles. The average Bonchev–Trinajstić information content (AvgIpc) is 3.12. The predicted molar refractivity (Wildman–Crippen MR) is 85.6 cm³/mol. The molecule has 26 heavy (non-hydrogen) atoms. The van der Waals surface area contributed by atoms with Gasteiger partial charge in [0.05, 0.1) is 11.1 Å². The van der Waals surface area contributed by atoms with Crippen molar-refractivity contribution in [3.05, 3.63) is 47.4 Å². The summed E-state index contributed by atoms with van der Waals surface area (Å²) in [4.78, 5) is 11.9. The minimum Gasteiger partial charge on any atom is -0.466 e. The third-order valence-electron chi connectivity index (χ3n) is 3.39. The van der Waals surface area contributed by atoms with Gasteiger partial charge in [0.2, 0.25) is 0 Å². The Hall–Kier alpha value is -3.30. The molecule has 0 bridgehead atoms. The second-order valence-corrected chi connectivity index (χ2v) is 5.39. The highest BCUT2D eigenvalue weighted by Crippen LogP contribution is 2.30. The SMILES string of the molecule is Cc1cc(-c2nnc(NC(=O)Nc3ccc(C(F)(F)F)cc3)o2)c(C)o1. The predicted octanol–water partition coefficient (Wildman–Crippen LogP) is 4.61. The van der Waals surface area contributed by atoms with E-state index >= 15 is 0 Å². The molecule has 0 spiro atoms. The number of alkyl halides is 3. The number of nitrogens with one attached hydrogen (secondary N) is 2. The molecule has 0 unspecified atom stereocenters. The van der Waals surface area contributed by atoms with Crippen molar-refractivity contribution in [1.29, 1.82) is 0 Å². The van der Waals surface area contributed by atoms with E-state index in [0.717, 1.165) is 24.3 Å². The highest BCUT2D eigenvalue weighted by molar-refractivity contribution is 5.98. The van der Waals surface area contributed by atoms with Crippen molar-refractivity contribution in [2.75, 3.05) is 10.6 Å². The summed E-state index contributed by atoms with van der Waals surface area (Å²) in [5.41, 5.74) is -0.0292. The summed E-state index contributed by atoms with van der Waals surface area (Å²) in [7, 11) is 0. The summed E-state index contributed by atoms with van der Waals surface area (Å²) in [6, 6.07) is 4.82. The number of urea groups is 1. The van der Waals surface area contributed by atoms with Gasteiger partial charge in [-0.05, 0) is 44.2 Å². The van der Waals surface area contributed by atoms with Crippen LogP contribution in [0.2, 0.25) is 0 Å². The van der Waals surface area contributed by atoms with Crippen LogP contribution in [0.1, 0.15) is 17.1 Å². The Morgan fingerprint density at radius 2 is 1.73 bits per heavy atom. The number of rotatable bonds is 3. The number of halogens is 3. The molecule has 2 N–H and O–H groups in total. The Bertz CT molecular complexity index is 929. The summed E-state index contributed by atoms with van der Waals surface area (Å²) < 4.78 is 48.2. The highest BCUT2D eigenvalue weighted by Gasteiger charge is 2.30. The number of carbonyl (C=O) groups excluding carboxylic acids is 1. The first-order chi connectivity index (χ1) is 12.2. The van der Waals surface area contributed by atoms with Crippen LogP contribution in [0.25, 0.3) is 11.5 Å². The Labute approximate surface area is 145 Å². The quantitative estimate of drug-likeness (QED) is 0.706. The first-order valence-corrected chi connectivity index (χ1v) is 7.38. The second-order valence-electron chi connectivity index (χ2n) is 5.39. The van der Waals surface area contributed by atoms with Crippen LogP contribution in [0.15, 0.2) is 39.2 Å². The number of nitrogens with zero attached hydrogens (tertiary/aromatic N) is 2. The Kier molecular flexibility index (Phi) is 4.41. The van der Waals surface area contributed by atoms with Crippen LogP contribution in [0.3, 0.4) is 0 Å². The van der Waals surface area contributed by atoms with Crippen molar-refractivity contribution in [1.82, 2.24) is 10.2 Å². The number of carbonyl (C=O) groups is 1. The maximum atomic E-state index is 12.5. The third-order valence-corrected chi connectivity index (χ3v) is 3.39. The number of amides is 2. The van der Waals surface area contributed by atoms with Crippen LogP contribution < -0.4 is 10.6 Å². The van der Waals surface area contributed by atoms with Gasteiger partial charge >= 0.3 is 18.2 Å². The molecule has 1 aromatic carbocycles. The van der Waals surface area contributed by atoms with Gasteiger partial charge in [-0.15, -0.1) is 5.10 Å². The van der Waals surface area contributed by atoms with Gasteiger partial charge in [0, 0.05) is 5.69 Å². The molecule has 2 heterocycles. The molecule has 0 aliphatic heterocycles. The molecule has 136 valence electrons. The monoisotopic (exact) mass is 366 g/mol. The van der Waals surface area contributed by atoms with Crippen LogP contribution in [0.4, 0.5) is 29.7 Å². The minimum atomic E-state index is -4.44. The highest BCUT2D eigenvalue weighted by atomic mass is 19.4. The summed E-state index contributed by atoms with van der Waals surface area (Å²) in [6.07, 6.45) is -4.44. The third kappa shape index (κ3) is 3.85. The molecule has 0 aliphatic carbocycles. The molecular weight excluding hydrogens is 353 g/mol. The van der Waals surface area contributed by atoms with Gasteiger partial charge < -0.3 is 14.2 Å². The van der Waals surface area contributed by atoms with E-state index in [1.165, 1.54) is 0 Å². The van der Waals surface area contributed by atoms with E-state index in [4.69, 9.17) is 8.83 Å². The van der Waals surface area contributed by atoms with Gasteiger partial charge in [-0.2, -0.15) is 13.2 Å². The van der Waals surface area contributed by atoms with E-state index in [9.17, 15) is 18.0 Å². The molecule has 0 atom stereocenters. The molecule has 0 fully saturated rings. The van der Waals surface area contributed by atoms with Gasteiger partial charge in [-0.25, -0.2) is 4.79 Å². The van der Waals surface area contributed by atoms with Gasteiger partial charge in [0.15, 0.2) is 0 Å². The van der Waals surface area contributed by atoms with Gasteiger partial charge in [-0.1, -0.05) is 5.10 Å². The zero-order chi connectivity index (χ0) is 18.9. The van der Waals surface area contributed by atoms with Crippen molar-refractivity contribution >= 4 is 17.7 Å². The van der Waals surface area contributed by atoms with E-state index < -0.39 is 17.8 Å². The lowest BCUT2D eigenvalue weighted by Crippen LogP contribution is -2.19. The first kappa shape index (κ1) is 17.5. The lowest BCUT2D eigenvalue weighted by Gasteiger charge is -2.08. The molecule has 3 aromatic rings. The number of furan rings is 1. The second kappa shape index (κ2) is 6.54. The Balaban J connectivity index is 1.65. The number of hydrogen-bond donors (Lipinski definition) is 2. The number of aryl methyl sites for hydroxylation is 2. The molecular formula is C16H13F3N4O3. The standard InChI is InChI=1S/C16H13F3N4O3/c1-8-7-12(9(2)25-8)13-22-23-15(26-13)21-14(24)20-11-5-3-10(4-6-11)16(17,18)19/h3-7H,1-2H3,(H2,20,21,23,24). The van der Waals surface area contributed by atoms with Crippen LogP contribution in [-0.2, 0) is 6.18 Å². The molecule has 10 heteroatoms. The number of benzene rings is 1. The molecule has 0 saturated heterocycles. The number of anilines is 2. The number of hydrogen-bond acceptors (Lipinski definition) is 5. The fraction of sp³-hybridized carbons (Fsp3) is 0.188. The van der Waals surface area contributed by atoms with Gasteiger partial charge in [0.25, 0.3) is 5.89 Å².